The molecule has 0 aliphatic carbocycles. The molecule has 2 heterocycles. The Morgan fingerprint density at radius 1 is 1.13 bits per heavy atom. The number of rotatable bonds is 5. The van der Waals surface area contributed by atoms with Crippen LogP contribution >= 0.6 is 0 Å². The Labute approximate surface area is 169 Å². The van der Waals surface area contributed by atoms with Crippen LogP contribution in [0.2, 0.25) is 0 Å². The van der Waals surface area contributed by atoms with E-state index in [-0.39, 0.29) is 23.0 Å². The summed E-state index contributed by atoms with van der Waals surface area (Å²) < 4.78 is 19.1. The summed E-state index contributed by atoms with van der Waals surface area (Å²) in [6, 6.07) is 8.20. The summed E-state index contributed by atoms with van der Waals surface area (Å²) in [5.41, 5.74) is 0.627. The Bertz CT molecular complexity index is 1120. The molecule has 0 amide bonds. The molecule has 1 aliphatic heterocycles. The van der Waals surface area contributed by atoms with Crippen LogP contribution in [0.25, 0.3) is 22.8 Å². The van der Waals surface area contributed by atoms with Gasteiger partial charge in [0.1, 0.15) is 11.5 Å². The van der Waals surface area contributed by atoms with Crippen molar-refractivity contribution in [2.75, 3.05) is 18.0 Å². The average molecular weight is 412 g/mol. The van der Waals surface area contributed by atoms with E-state index in [1.807, 2.05) is 4.90 Å². The first kappa shape index (κ1) is 19.5. The number of carboxylic acid groups (broad SMARTS) is 1. The minimum absolute atomic E-state index is 0.0426. The third-order valence-corrected chi connectivity index (χ3v) is 5.00. The molecule has 0 bridgehead atoms. The highest BCUT2D eigenvalue weighted by Crippen LogP contribution is 2.34. The molecule has 1 aliphatic rings. The third-order valence-electron chi connectivity index (χ3n) is 5.00. The normalized spacial score (nSPS) is 14.0. The monoisotopic (exact) mass is 412 g/mol. The quantitative estimate of drug-likeness (QED) is 0.490. The summed E-state index contributed by atoms with van der Waals surface area (Å²) >= 11 is 0. The molecule has 9 nitrogen and oxygen atoms in total. The zero-order valence-electron chi connectivity index (χ0n) is 15.7. The topological polar surface area (TPSA) is 123 Å². The first-order valence-electron chi connectivity index (χ1n) is 9.35. The van der Waals surface area contributed by atoms with Crippen molar-refractivity contribution in [1.82, 2.24) is 10.1 Å². The van der Waals surface area contributed by atoms with Crippen LogP contribution in [-0.4, -0.2) is 39.2 Å². The maximum absolute atomic E-state index is 13.9. The van der Waals surface area contributed by atoms with Crippen LogP contribution in [0.15, 0.2) is 40.9 Å². The van der Waals surface area contributed by atoms with E-state index >= 15 is 0 Å². The Morgan fingerprint density at radius 2 is 1.87 bits per heavy atom. The van der Waals surface area contributed by atoms with E-state index in [0.717, 1.165) is 44.5 Å². The van der Waals surface area contributed by atoms with E-state index < -0.39 is 22.3 Å². The van der Waals surface area contributed by atoms with Crippen LogP contribution in [0.1, 0.15) is 29.6 Å². The maximum atomic E-state index is 13.9. The van der Waals surface area contributed by atoms with Gasteiger partial charge in [-0.3, -0.25) is 10.1 Å². The highest BCUT2D eigenvalue weighted by Gasteiger charge is 2.23. The average Bonchev–Trinajstić information content (AvgIpc) is 3.24. The van der Waals surface area contributed by atoms with E-state index in [1.54, 1.807) is 12.1 Å². The number of benzene rings is 2. The second-order valence-corrected chi connectivity index (χ2v) is 6.93. The number of aromatic carboxylic acids is 1. The van der Waals surface area contributed by atoms with Gasteiger partial charge in [-0.1, -0.05) is 5.16 Å². The number of nitro benzene ring substituents is 1. The second-order valence-electron chi connectivity index (χ2n) is 6.93. The van der Waals surface area contributed by atoms with Crippen molar-refractivity contribution in [2.24, 2.45) is 0 Å². The Balaban J connectivity index is 1.66. The van der Waals surface area contributed by atoms with Crippen LogP contribution in [0, 0.1) is 15.9 Å². The summed E-state index contributed by atoms with van der Waals surface area (Å²) in [5.74, 6) is -2.22. The Morgan fingerprint density at radius 3 is 2.53 bits per heavy atom. The molecule has 1 aromatic heterocycles. The lowest BCUT2D eigenvalue weighted by molar-refractivity contribution is -0.384. The first-order valence-corrected chi connectivity index (χ1v) is 9.35. The summed E-state index contributed by atoms with van der Waals surface area (Å²) in [7, 11) is 0. The van der Waals surface area contributed by atoms with Gasteiger partial charge in [-0.15, -0.1) is 0 Å². The lowest BCUT2D eigenvalue weighted by Gasteiger charge is -2.28. The molecule has 1 N–H and O–H groups in total. The number of piperidine rings is 1. The Hall–Kier alpha value is -3.82. The van der Waals surface area contributed by atoms with Gasteiger partial charge in [-0.25, -0.2) is 9.18 Å². The van der Waals surface area contributed by atoms with Gasteiger partial charge < -0.3 is 14.5 Å². The van der Waals surface area contributed by atoms with Crippen molar-refractivity contribution < 1.29 is 23.7 Å². The van der Waals surface area contributed by atoms with Crippen molar-refractivity contribution >= 4 is 17.3 Å². The maximum Gasteiger partial charge on any atom is 0.338 e. The molecule has 0 atom stereocenters. The lowest BCUT2D eigenvalue weighted by atomic mass is 10.1. The number of carbonyl (C=O) groups is 1. The fraction of sp³-hybridized carbons (Fsp3) is 0.250. The largest absolute Gasteiger partial charge is 0.478 e. The SMILES string of the molecule is O=C(O)c1ccc(-c2noc(-c3ccc(N4CCCCC4)c([N+](=O)[O-])c3)n2)cc1F. The van der Waals surface area contributed by atoms with Crippen molar-refractivity contribution in [2.45, 2.75) is 19.3 Å². The predicted octanol–water partition coefficient (Wildman–Crippen LogP) is 4.14. The van der Waals surface area contributed by atoms with E-state index in [2.05, 4.69) is 10.1 Å². The van der Waals surface area contributed by atoms with E-state index in [1.165, 1.54) is 12.1 Å². The number of anilines is 1. The van der Waals surface area contributed by atoms with Crippen molar-refractivity contribution in [1.29, 1.82) is 0 Å². The van der Waals surface area contributed by atoms with Gasteiger partial charge in [0.25, 0.3) is 11.6 Å². The van der Waals surface area contributed by atoms with Gasteiger partial charge >= 0.3 is 5.97 Å². The molecule has 0 spiro atoms. The fourth-order valence-electron chi connectivity index (χ4n) is 3.49. The van der Waals surface area contributed by atoms with Crippen LogP contribution < -0.4 is 4.90 Å². The predicted molar refractivity (Wildman–Crippen MR) is 105 cm³/mol. The molecular weight excluding hydrogens is 395 g/mol. The van der Waals surface area contributed by atoms with E-state index in [9.17, 15) is 19.3 Å². The summed E-state index contributed by atoms with van der Waals surface area (Å²) in [6.07, 6.45) is 3.09. The number of nitro groups is 1. The van der Waals surface area contributed by atoms with Crippen molar-refractivity contribution in [3.05, 3.63) is 57.9 Å². The van der Waals surface area contributed by atoms with E-state index in [0.29, 0.717) is 11.3 Å². The van der Waals surface area contributed by atoms with Crippen LogP contribution in [0.4, 0.5) is 15.8 Å². The molecule has 1 saturated heterocycles. The molecule has 3 aromatic rings. The van der Waals surface area contributed by atoms with Gasteiger partial charge in [-0.05, 0) is 49.6 Å². The molecular formula is C20H17FN4O5. The molecule has 4 rings (SSSR count). The van der Waals surface area contributed by atoms with Gasteiger partial charge in [0.05, 0.1) is 10.5 Å². The van der Waals surface area contributed by atoms with Gasteiger partial charge in [0, 0.05) is 30.3 Å². The smallest absolute Gasteiger partial charge is 0.338 e. The minimum atomic E-state index is -1.38. The summed E-state index contributed by atoms with van der Waals surface area (Å²) in [5, 5.41) is 24.3. The molecule has 1 fully saturated rings. The van der Waals surface area contributed by atoms with Crippen LogP contribution in [0.3, 0.4) is 0 Å². The molecule has 30 heavy (non-hydrogen) atoms. The minimum Gasteiger partial charge on any atom is -0.478 e. The Kier molecular flexibility index (Phi) is 5.13. The molecule has 0 radical (unpaired) electrons. The number of halogens is 1. The number of aromatic nitrogens is 2. The number of nitrogens with zero attached hydrogens (tertiary/aromatic N) is 4. The van der Waals surface area contributed by atoms with Crippen LogP contribution in [-0.2, 0) is 0 Å². The fourth-order valence-corrected chi connectivity index (χ4v) is 3.49. The van der Waals surface area contributed by atoms with Crippen molar-refractivity contribution in [3.8, 4) is 22.8 Å². The molecule has 154 valence electrons. The van der Waals surface area contributed by atoms with Gasteiger partial charge in [0.15, 0.2) is 0 Å². The standard InChI is InChI=1S/C20H17FN4O5/c21-15-10-12(4-6-14(15)20(26)27)18-22-19(30-23-18)13-5-7-16(17(11-13)25(28)29)24-8-2-1-3-9-24/h4-7,10-11H,1-3,8-9H2,(H,26,27). The molecule has 2 aromatic carbocycles. The lowest BCUT2D eigenvalue weighted by Crippen LogP contribution is -2.29. The second kappa shape index (κ2) is 7.90. The molecule has 10 heteroatoms. The van der Waals surface area contributed by atoms with Crippen LogP contribution in [0.5, 0.6) is 0 Å². The van der Waals surface area contributed by atoms with E-state index in [4.69, 9.17) is 9.63 Å². The molecule has 0 unspecified atom stereocenters. The van der Waals surface area contributed by atoms with Crippen molar-refractivity contribution in [3.63, 3.8) is 0 Å². The summed E-state index contributed by atoms with van der Waals surface area (Å²) in [4.78, 5) is 28.3. The molecule has 0 saturated carbocycles. The third kappa shape index (κ3) is 3.71. The highest BCUT2D eigenvalue weighted by molar-refractivity contribution is 5.88. The zero-order chi connectivity index (χ0) is 21.3. The summed E-state index contributed by atoms with van der Waals surface area (Å²) in [6.45, 7) is 1.53. The van der Waals surface area contributed by atoms with Gasteiger partial charge in [0.2, 0.25) is 5.82 Å². The zero-order valence-corrected chi connectivity index (χ0v) is 15.7. The highest BCUT2D eigenvalue weighted by atomic mass is 19.1. The number of hydrogen-bond acceptors (Lipinski definition) is 7. The van der Waals surface area contributed by atoms with Gasteiger partial charge in [-0.2, -0.15) is 4.98 Å². The number of carboxylic acids is 1. The first-order chi connectivity index (χ1) is 14.4. The number of hydrogen-bond donors (Lipinski definition) is 1.